The van der Waals surface area contributed by atoms with Gasteiger partial charge in [0.15, 0.2) is 0 Å². The van der Waals surface area contributed by atoms with Crippen LogP contribution < -0.4 is 0 Å². The number of imidazole rings is 1. The second kappa shape index (κ2) is 9.32. The topological polar surface area (TPSA) is 60.2 Å². The molecular formula is C26H26N4O2. The molecule has 162 valence electrons. The van der Waals surface area contributed by atoms with Crippen molar-refractivity contribution in [2.75, 3.05) is 26.3 Å². The van der Waals surface area contributed by atoms with Crippen LogP contribution in [0.2, 0.25) is 0 Å². The number of hydrogen-bond donors (Lipinski definition) is 0. The molecule has 1 amide bonds. The molecule has 6 nitrogen and oxygen atoms in total. The van der Waals surface area contributed by atoms with Crippen LogP contribution in [-0.4, -0.2) is 51.6 Å². The number of aromatic nitrogens is 3. The van der Waals surface area contributed by atoms with Gasteiger partial charge in [-0.2, -0.15) is 0 Å². The summed E-state index contributed by atoms with van der Waals surface area (Å²) >= 11 is 0. The molecule has 2 aromatic heterocycles. The Labute approximate surface area is 187 Å². The van der Waals surface area contributed by atoms with Crippen LogP contribution in [0.4, 0.5) is 0 Å². The average molecular weight is 427 g/mol. The number of nitrogens with zero attached hydrogens (tertiary/aromatic N) is 4. The van der Waals surface area contributed by atoms with Crippen molar-refractivity contribution >= 4 is 16.8 Å². The van der Waals surface area contributed by atoms with E-state index in [2.05, 4.69) is 28.2 Å². The summed E-state index contributed by atoms with van der Waals surface area (Å²) in [4.78, 5) is 23.9. The maximum atomic E-state index is 13.4. The minimum absolute atomic E-state index is 0.0626. The van der Waals surface area contributed by atoms with E-state index in [1.54, 1.807) is 12.5 Å². The minimum atomic E-state index is 0.0626. The second-order valence-electron chi connectivity index (χ2n) is 8.32. The maximum Gasteiger partial charge on any atom is 0.253 e. The van der Waals surface area contributed by atoms with Crippen LogP contribution in [0.5, 0.6) is 0 Å². The second-order valence-corrected chi connectivity index (χ2v) is 8.32. The smallest absolute Gasteiger partial charge is 0.253 e. The van der Waals surface area contributed by atoms with Gasteiger partial charge in [-0.15, -0.1) is 0 Å². The van der Waals surface area contributed by atoms with Crippen molar-refractivity contribution in [1.82, 2.24) is 19.4 Å². The summed E-state index contributed by atoms with van der Waals surface area (Å²) in [5, 5.41) is 1.17. The number of pyridine rings is 1. The fraction of sp³-hybridized carbons (Fsp3) is 0.269. The normalized spacial score (nSPS) is 16.8. The summed E-state index contributed by atoms with van der Waals surface area (Å²) in [6, 6.07) is 18.2. The first-order valence-corrected chi connectivity index (χ1v) is 11.0. The number of benzene rings is 2. The van der Waals surface area contributed by atoms with E-state index < -0.39 is 0 Å². The number of hydrogen-bond acceptors (Lipinski definition) is 4. The zero-order valence-corrected chi connectivity index (χ0v) is 17.9. The molecule has 0 unspecified atom stereocenters. The number of amides is 1. The Morgan fingerprint density at radius 3 is 2.94 bits per heavy atom. The van der Waals surface area contributed by atoms with Crippen LogP contribution in [0.15, 0.2) is 79.5 Å². The van der Waals surface area contributed by atoms with Crippen LogP contribution in [0.3, 0.4) is 0 Å². The third-order valence-corrected chi connectivity index (χ3v) is 5.97. The Morgan fingerprint density at radius 2 is 2.03 bits per heavy atom. The van der Waals surface area contributed by atoms with Gasteiger partial charge in [-0.25, -0.2) is 4.98 Å². The van der Waals surface area contributed by atoms with Gasteiger partial charge in [0.05, 0.1) is 25.1 Å². The Balaban J connectivity index is 1.32. The molecule has 1 atom stereocenters. The lowest BCUT2D eigenvalue weighted by molar-refractivity contribution is 0.0737. The fourth-order valence-corrected chi connectivity index (χ4v) is 4.42. The predicted octanol–water partition coefficient (Wildman–Crippen LogP) is 3.81. The van der Waals surface area contributed by atoms with E-state index in [0.717, 1.165) is 23.1 Å². The zero-order chi connectivity index (χ0) is 21.8. The van der Waals surface area contributed by atoms with Crippen molar-refractivity contribution < 1.29 is 9.53 Å². The van der Waals surface area contributed by atoms with Crippen molar-refractivity contribution in [1.29, 1.82) is 0 Å². The molecule has 0 spiro atoms. The van der Waals surface area contributed by atoms with Gasteiger partial charge in [0.1, 0.15) is 0 Å². The molecule has 1 fully saturated rings. The number of ether oxygens (including phenoxy) is 1. The molecule has 2 aromatic carbocycles. The van der Waals surface area contributed by atoms with Crippen molar-refractivity contribution in [3.63, 3.8) is 0 Å². The van der Waals surface area contributed by atoms with Gasteiger partial charge in [-0.3, -0.25) is 9.78 Å². The lowest BCUT2D eigenvalue weighted by Crippen LogP contribution is -2.36. The third-order valence-electron chi connectivity index (χ3n) is 5.97. The molecule has 3 heterocycles. The zero-order valence-electron chi connectivity index (χ0n) is 17.9. The largest absolute Gasteiger partial charge is 0.379 e. The quantitative estimate of drug-likeness (QED) is 0.487. The summed E-state index contributed by atoms with van der Waals surface area (Å²) in [5.41, 5.74) is 4.06. The Bertz CT molecular complexity index is 1200. The molecule has 0 radical (unpaired) electrons. The molecule has 0 aliphatic carbocycles. The Hall–Kier alpha value is -3.51. The molecule has 6 heteroatoms. The highest BCUT2D eigenvalue weighted by atomic mass is 16.5. The minimum Gasteiger partial charge on any atom is -0.379 e. The van der Waals surface area contributed by atoms with Gasteiger partial charge < -0.3 is 14.2 Å². The van der Waals surface area contributed by atoms with Crippen molar-refractivity contribution in [3.8, 4) is 0 Å². The number of fused-ring (bicyclic) bond motifs is 1. The Morgan fingerprint density at radius 1 is 1.09 bits per heavy atom. The lowest BCUT2D eigenvalue weighted by atomic mass is 9.96. The molecule has 1 aliphatic heterocycles. The highest BCUT2D eigenvalue weighted by Crippen LogP contribution is 2.22. The SMILES string of the molecule is O=C(c1cccc(Cn2ccnc2)c1)N1CCOC[C@H](Cc2cccc3ncccc23)C1. The van der Waals surface area contributed by atoms with Crippen LogP contribution in [0, 0.1) is 5.92 Å². The van der Waals surface area contributed by atoms with Gasteiger partial charge in [0.2, 0.25) is 0 Å². The van der Waals surface area contributed by atoms with Gasteiger partial charge in [0.25, 0.3) is 5.91 Å². The van der Waals surface area contributed by atoms with Crippen molar-refractivity contribution in [2.45, 2.75) is 13.0 Å². The molecule has 1 aliphatic rings. The highest BCUT2D eigenvalue weighted by molar-refractivity contribution is 5.94. The van der Waals surface area contributed by atoms with Gasteiger partial charge >= 0.3 is 0 Å². The first-order valence-electron chi connectivity index (χ1n) is 11.0. The molecule has 32 heavy (non-hydrogen) atoms. The first-order chi connectivity index (χ1) is 15.8. The van der Waals surface area contributed by atoms with E-state index in [4.69, 9.17) is 4.74 Å². The summed E-state index contributed by atoms with van der Waals surface area (Å²) in [5.74, 6) is 0.300. The summed E-state index contributed by atoms with van der Waals surface area (Å²) < 4.78 is 7.88. The van der Waals surface area contributed by atoms with E-state index in [-0.39, 0.29) is 11.8 Å². The van der Waals surface area contributed by atoms with E-state index in [1.165, 1.54) is 10.9 Å². The highest BCUT2D eigenvalue weighted by Gasteiger charge is 2.24. The summed E-state index contributed by atoms with van der Waals surface area (Å²) in [7, 11) is 0. The Kier molecular flexibility index (Phi) is 5.94. The number of carbonyl (C=O) groups is 1. The van der Waals surface area contributed by atoms with Crippen molar-refractivity contribution in [2.24, 2.45) is 5.92 Å². The maximum absolute atomic E-state index is 13.4. The van der Waals surface area contributed by atoms with Crippen LogP contribution >= 0.6 is 0 Å². The average Bonchev–Trinajstić information content (AvgIpc) is 3.22. The number of carbonyl (C=O) groups excluding carboxylic acids is 1. The van der Waals surface area contributed by atoms with Crippen LogP contribution in [-0.2, 0) is 17.7 Å². The molecule has 4 aromatic rings. The van der Waals surface area contributed by atoms with E-state index in [9.17, 15) is 4.79 Å². The molecule has 0 bridgehead atoms. The first kappa shape index (κ1) is 20.4. The van der Waals surface area contributed by atoms with Gasteiger partial charge in [-0.05, 0) is 41.8 Å². The van der Waals surface area contributed by atoms with Gasteiger partial charge in [-0.1, -0.05) is 30.3 Å². The molecule has 0 saturated carbocycles. The van der Waals surface area contributed by atoms with Gasteiger partial charge in [0, 0.05) is 55.1 Å². The fourth-order valence-electron chi connectivity index (χ4n) is 4.42. The van der Waals surface area contributed by atoms with Crippen LogP contribution in [0.25, 0.3) is 10.9 Å². The standard InChI is InChI=1S/C26H26N4O2/c31-26(23-6-1-4-20(14-23)16-29-11-10-27-19-29)30-12-13-32-18-21(17-30)15-22-5-2-8-25-24(22)7-3-9-28-25/h1-11,14,19,21H,12-13,15-18H2/t21-/m1/s1. The molecule has 5 rings (SSSR count). The van der Waals surface area contributed by atoms with E-state index in [1.807, 2.05) is 58.3 Å². The third kappa shape index (κ3) is 4.55. The summed E-state index contributed by atoms with van der Waals surface area (Å²) in [6.07, 6.45) is 8.15. The van der Waals surface area contributed by atoms with E-state index >= 15 is 0 Å². The van der Waals surface area contributed by atoms with Crippen molar-refractivity contribution in [3.05, 3.63) is 96.2 Å². The van der Waals surface area contributed by atoms with E-state index in [0.29, 0.717) is 32.8 Å². The molecule has 0 N–H and O–H groups in total. The molecular weight excluding hydrogens is 400 g/mol. The molecule has 1 saturated heterocycles. The summed E-state index contributed by atoms with van der Waals surface area (Å²) in [6.45, 7) is 3.20. The lowest BCUT2D eigenvalue weighted by Gasteiger charge is -2.24. The number of rotatable bonds is 5. The van der Waals surface area contributed by atoms with Crippen LogP contribution in [0.1, 0.15) is 21.5 Å². The monoisotopic (exact) mass is 426 g/mol. The predicted molar refractivity (Wildman–Crippen MR) is 123 cm³/mol.